The normalized spacial score (nSPS) is 10.6. The number of rotatable bonds is 4. The molecule has 2 rings (SSSR count). The van der Waals surface area contributed by atoms with Crippen LogP contribution in [0.25, 0.3) is 0 Å². The second-order valence-electron chi connectivity index (χ2n) is 3.99. The number of anilines is 2. The van der Waals surface area contributed by atoms with E-state index in [0.29, 0.717) is 17.6 Å². The average Bonchev–Trinajstić information content (AvgIpc) is 2.78. The number of hydrogen-bond donors (Lipinski definition) is 2. The molecular formula is C11H13N5S2. The summed E-state index contributed by atoms with van der Waals surface area (Å²) in [5.74, 6) is 0.852. The standard InChI is InChI=1S/C11H13N5S2/c1-6(2)8-5-18-11(15-8)16-10-13-4-3-7(14-10)9(12)17/h3-6H,1-2H3,(H2,12,17)(H,13,14,15,16). The molecule has 2 aromatic heterocycles. The molecule has 5 nitrogen and oxygen atoms in total. The number of hydrogen-bond acceptors (Lipinski definition) is 6. The van der Waals surface area contributed by atoms with Crippen LogP contribution in [0.15, 0.2) is 17.6 Å². The van der Waals surface area contributed by atoms with Crippen molar-refractivity contribution >= 4 is 39.6 Å². The fraction of sp³-hybridized carbons (Fsp3) is 0.273. The molecule has 0 fully saturated rings. The maximum Gasteiger partial charge on any atom is 0.229 e. The quantitative estimate of drug-likeness (QED) is 0.837. The highest BCUT2D eigenvalue weighted by Crippen LogP contribution is 2.23. The van der Waals surface area contributed by atoms with E-state index in [1.807, 2.05) is 5.38 Å². The fourth-order valence-corrected chi connectivity index (χ4v) is 2.24. The van der Waals surface area contributed by atoms with Crippen LogP contribution >= 0.6 is 23.6 Å². The van der Waals surface area contributed by atoms with E-state index < -0.39 is 0 Å². The van der Waals surface area contributed by atoms with E-state index in [1.54, 1.807) is 12.3 Å². The van der Waals surface area contributed by atoms with E-state index >= 15 is 0 Å². The molecule has 0 radical (unpaired) electrons. The SMILES string of the molecule is CC(C)c1csc(Nc2nccc(C(N)=S)n2)n1. The minimum atomic E-state index is 0.252. The molecule has 0 bridgehead atoms. The Hall–Kier alpha value is -1.60. The van der Waals surface area contributed by atoms with Crippen molar-refractivity contribution < 1.29 is 0 Å². The van der Waals surface area contributed by atoms with Gasteiger partial charge in [0.2, 0.25) is 5.95 Å². The molecule has 0 atom stereocenters. The van der Waals surface area contributed by atoms with Gasteiger partial charge in [-0.05, 0) is 12.0 Å². The summed E-state index contributed by atoms with van der Waals surface area (Å²) in [7, 11) is 0. The Balaban J connectivity index is 2.17. The van der Waals surface area contributed by atoms with Crippen molar-refractivity contribution in [1.29, 1.82) is 0 Å². The topological polar surface area (TPSA) is 76.7 Å². The van der Waals surface area contributed by atoms with Crippen molar-refractivity contribution in [3.8, 4) is 0 Å². The van der Waals surface area contributed by atoms with E-state index in [1.165, 1.54) is 11.3 Å². The summed E-state index contributed by atoms with van der Waals surface area (Å²) in [6, 6.07) is 1.68. The molecule has 0 saturated carbocycles. The lowest BCUT2D eigenvalue weighted by atomic mass is 10.2. The van der Waals surface area contributed by atoms with Crippen molar-refractivity contribution in [2.24, 2.45) is 5.73 Å². The van der Waals surface area contributed by atoms with Gasteiger partial charge < -0.3 is 11.1 Å². The molecule has 94 valence electrons. The van der Waals surface area contributed by atoms with Gasteiger partial charge in [-0.1, -0.05) is 26.1 Å². The van der Waals surface area contributed by atoms with Crippen molar-refractivity contribution in [3.05, 3.63) is 29.0 Å². The Morgan fingerprint density at radius 1 is 1.44 bits per heavy atom. The molecule has 0 unspecified atom stereocenters. The average molecular weight is 279 g/mol. The number of nitrogens with zero attached hydrogens (tertiary/aromatic N) is 3. The number of thiazole rings is 1. The zero-order valence-electron chi connectivity index (χ0n) is 10.0. The predicted octanol–water partition coefficient (Wildman–Crippen LogP) is 2.43. The molecule has 0 spiro atoms. The lowest BCUT2D eigenvalue weighted by molar-refractivity contribution is 0.834. The lowest BCUT2D eigenvalue weighted by Crippen LogP contribution is -2.12. The molecule has 2 aromatic rings. The van der Waals surface area contributed by atoms with Gasteiger partial charge >= 0.3 is 0 Å². The maximum absolute atomic E-state index is 5.52. The van der Waals surface area contributed by atoms with Crippen LogP contribution in [-0.2, 0) is 0 Å². The number of nitrogens with two attached hydrogens (primary N) is 1. The Morgan fingerprint density at radius 2 is 2.22 bits per heavy atom. The van der Waals surface area contributed by atoms with E-state index in [2.05, 4.69) is 34.1 Å². The van der Waals surface area contributed by atoms with Crippen LogP contribution in [0.4, 0.5) is 11.1 Å². The van der Waals surface area contributed by atoms with Crippen LogP contribution in [0.2, 0.25) is 0 Å². The van der Waals surface area contributed by atoms with E-state index in [9.17, 15) is 0 Å². The first-order valence-electron chi connectivity index (χ1n) is 5.41. The maximum atomic E-state index is 5.52. The highest BCUT2D eigenvalue weighted by Gasteiger charge is 2.07. The molecule has 3 N–H and O–H groups in total. The Kier molecular flexibility index (Phi) is 3.83. The number of thiocarbonyl (C=S) groups is 1. The summed E-state index contributed by atoms with van der Waals surface area (Å²) in [5, 5.41) is 5.83. The van der Waals surface area contributed by atoms with E-state index in [4.69, 9.17) is 18.0 Å². The summed E-state index contributed by atoms with van der Waals surface area (Å²) >= 11 is 6.39. The van der Waals surface area contributed by atoms with Gasteiger partial charge in [-0.15, -0.1) is 11.3 Å². The third-order valence-electron chi connectivity index (χ3n) is 2.24. The second-order valence-corrected chi connectivity index (χ2v) is 5.28. The molecular weight excluding hydrogens is 266 g/mol. The van der Waals surface area contributed by atoms with Crippen LogP contribution in [0.3, 0.4) is 0 Å². The third kappa shape index (κ3) is 2.99. The van der Waals surface area contributed by atoms with Crippen molar-refractivity contribution in [1.82, 2.24) is 15.0 Å². The third-order valence-corrected chi connectivity index (χ3v) is 3.23. The summed E-state index contributed by atoms with van der Waals surface area (Å²) in [6.07, 6.45) is 1.61. The zero-order chi connectivity index (χ0) is 13.1. The van der Waals surface area contributed by atoms with Gasteiger partial charge in [0.1, 0.15) is 10.7 Å². The van der Waals surface area contributed by atoms with Crippen molar-refractivity contribution in [3.63, 3.8) is 0 Å². The highest BCUT2D eigenvalue weighted by molar-refractivity contribution is 7.80. The molecule has 0 amide bonds. The molecule has 0 aliphatic heterocycles. The zero-order valence-corrected chi connectivity index (χ0v) is 11.7. The van der Waals surface area contributed by atoms with Crippen LogP contribution < -0.4 is 11.1 Å². The van der Waals surface area contributed by atoms with Crippen molar-refractivity contribution in [2.75, 3.05) is 5.32 Å². The first kappa shape index (κ1) is 12.8. The minimum Gasteiger partial charge on any atom is -0.388 e. The fourth-order valence-electron chi connectivity index (χ4n) is 1.26. The van der Waals surface area contributed by atoms with E-state index in [0.717, 1.165) is 10.8 Å². The molecule has 0 aliphatic carbocycles. The first-order valence-corrected chi connectivity index (χ1v) is 6.70. The Labute approximate surface area is 114 Å². The largest absolute Gasteiger partial charge is 0.388 e. The minimum absolute atomic E-state index is 0.252. The number of aromatic nitrogens is 3. The summed E-state index contributed by atoms with van der Waals surface area (Å²) < 4.78 is 0. The van der Waals surface area contributed by atoms with Crippen LogP contribution in [-0.4, -0.2) is 19.9 Å². The van der Waals surface area contributed by atoms with Crippen molar-refractivity contribution in [2.45, 2.75) is 19.8 Å². The smallest absolute Gasteiger partial charge is 0.229 e. The monoisotopic (exact) mass is 279 g/mol. The van der Waals surface area contributed by atoms with Gasteiger partial charge in [-0.2, -0.15) is 0 Å². The molecule has 7 heteroatoms. The summed E-state index contributed by atoms with van der Waals surface area (Å²) in [5.41, 5.74) is 7.11. The molecule has 0 saturated heterocycles. The van der Waals surface area contributed by atoms with Gasteiger partial charge in [0.25, 0.3) is 0 Å². The highest BCUT2D eigenvalue weighted by atomic mass is 32.1. The Morgan fingerprint density at radius 3 is 2.83 bits per heavy atom. The summed E-state index contributed by atoms with van der Waals surface area (Å²) in [6.45, 7) is 4.20. The van der Waals surface area contributed by atoms with Crippen LogP contribution in [0.5, 0.6) is 0 Å². The van der Waals surface area contributed by atoms with Crippen LogP contribution in [0.1, 0.15) is 31.2 Å². The van der Waals surface area contributed by atoms with Gasteiger partial charge in [-0.3, -0.25) is 0 Å². The van der Waals surface area contributed by atoms with Gasteiger partial charge in [0, 0.05) is 11.6 Å². The number of nitrogens with one attached hydrogen (secondary N) is 1. The second kappa shape index (κ2) is 5.36. The molecule has 2 heterocycles. The molecule has 18 heavy (non-hydrogen) atoms. The van der Waals surface area contributed by atoms with Gasteiger partial charge in [0.05, 0.1) is 5.69 Å². The van der Waals surface area contributed by atoms with Crippen LogP contribution in [0, 0.1) is 0 Å². The molecule has 0 aliphatic rings. The summed E-state index contributed by atoms with van der Waals surface area (Å²) in [4.78, 5) is 13.0. The molecule has 0 aromatic carbocycles. The van der Waals surface area contributed by atoms with Gasteiger partial charge in [-0.25, -0.2) is 15.0 Å². The lowest BCUT2D eigenvalue weighted by Gasteiger charge is -2.02. The van der Waals surface area contributed by atoms with E-state index in [-0.39, 0.29) is 4.99 Å². The first-order chi connectivity index (χ1) is 8.56. The predicted molar refractivity (Wildman–Crippen MR) is 77.4 cm³/mol. The van der Waals surface area contributed by atoms with Gasteiger partial charge in [0.15, 0.2) is 5.13 Å². The Bertz CT molecular complexity index is 564.